The lowest BCUT2D eigenvalue weighted by Gasteiger charge is -2.20. The molecule has 1 aromatic rings. The van der Waals surface area contributed by atoms with Crippen molar-refractivity contribution in [3.63, 3.8) is 0 Å². The highest BCUT2D eigenvalue weighted by Crippen LogP contribution is 2.41. The first-order chi connectivity index (χ1) is 10.1. The molecule has 120 valence electrons. The molecule has 0 aliphatic heterocycles. The van der Waals surface area contributed by atoms with E-state index in [0.29, 0.717) is 0 Å². The van der Waals surface area contributed by atoms with Gasteiger partial charge in [0.15, 0.2) is 11.5 Å². The predicted molar refractivity (Wildman–Crippen MR) is 98.3 cm³/mol. The van der Waals surface area contributed by atoms with Gasteiger partial charge in [0, 0.05) is 5.56 Å². The summed E-state index contributed by atoms with van der Waals surface area (Å²) >= 11 is 2.19. The summed E-state index contributed by atoms with van der Waals surface area (Å²) in [5, 5.41) is 20.6. The van der Waals surface area contributed by atoms with E-state index >= 15 is 0 Å². The SMILES string of the molecule is CCCCc1c(O)c(O)c(I)c(CCCC)c1CCCC. The number of phenols is 2. The van der Waals surface area contributed by atoms with Gasteiger partial charge in [-0.05, 0) is 72.2 Å². The molecule has 0 saturated carbocycles. The number of benzene rings is 1. The predicted octanol–water partition coefficient (Wildman–Crippen LogP) is 5.73. The number of halogens is 1. The van der Waals surface area contributed by atoms with Gasteiger partial charge in [-0.1, -0.05) is 40.0 Å². The Kier molecular flexibility index (Phi) is 8.45. The minimum Gasteiger partial charge on any atom is -0.504 e. The van der Waals surface area contributed by atoms with Crippen LogP contribution in [0.3, 0.4) is 0 Å². The molecule has 0 heterocycles. The van der Waals surface area contributed by atoms with Gasteiger partial charge in [-0.2, -0.15) is 0 Å². The third-order valence-corrected chi connectivity index (χ3v) is 5.21. The first kappa shape index (κ1) is 18.6. The maximum atomic E-state index is 10.4. The van der Waals surface area contributed by atoms with Crippen LogP contribution in [0, 0.1) is 3.57 Å². The monoisotopic (exact) mass is 404 g/mol. The summed E-state index contributed by atoms with van der Waals surface area (Å²) in [5.41, 5.74) is 3.57. The van der Waals surface area contributed by atoms with Crippen molar-refractivity contribution in [2.24, 2.45) is 0 Å². The van der Waals surface area contributed by atoms with E-state index in [0.717, 1.165) is 66.9 Å². The lowest BCUT2D eigenvalue weighted by atomic mass is 9.90. The zero-order chi connectivity index (χ0) is 15.8. The molecule has 0 atom stereocenters. The molecule has 21 heavy (non-hydrogen) atoms. The Morgan fingerprint density at radius 2 is 1.10 bits per heavy atom. The van der Waals surface area contributed by atoms with Crippen LogP contribution < -0.4 is 0 Å². The Morgan fingerprint density at radius 1 is 0.667 bits per heavy atom. The smallest absolute Gasteiger partial charge is 0.171 e. The van der Waals surface area contributed by atoms with Crippen molar-refractivity contribution >= 4 is 22.6 Å². The largest absolute Gasteiger partial charge is 0.504 e. The molecule has 0 aromatic heterocycles. The quantitative estimate of drug-likeness (QED) is 0.408. The number of rotatable bonds is 9. The van der Waals surface area contributed by atoms with Crippen LogP contribution in [-0.4, -0.2) is 10.2 Å². The van der Waals surface area contributed by atoms with E-state index in [-0.39, 0.29) is 11.5 Å². The summed E-state index contributed by atoms with van der Waals surface area (Å²) in [6.45, 7) is 6.55. The van der Waals surface area contributed by atoms with Crippen molar-refractivity contribution in [3.8, 4) is 11.5 Å². The van der Waals surface area contributed by atoms with Crippen LogP contribution in [0.1, 0.15) is 76.0 Å². The van der Waals surface area contributed by atoms with Crippen LogP contribution >= 0.6 is 22.6 Å². The molecule has 0 aliphatic rings. The zero-order valence-electron chi connectivity index (χ0n) is 13.6. The van der Waals surface area contributed by atoms with Gasteiger partial charge >= 0.3 is 0 Å². The van der Waals surface area contributed by atoms with Gasteiger partial charge in [-0.15, -0.1) is 0 Å². The molecule has 1 aromatic carbocycles. The molecule has 2 nitrogen and oxygen atoms in total. The van der Waals surface area contributed by atoms with Gasteiger partial charge in [0.2, 0.25) is 0 Å². The fourth-order valence-corrected chi connectivity index (χ4v) is 3.59. The maximum absolute atomic E-state index is 10.4. The van der Waals surface area contributed by atoms with E-state index in [1.54, 1.807) is 0 Å². The second-order valence-corrected chi connectivity index (χ2v) is 6.84. The van der Waals surface area contributed by atoms with Gasteiger partial charge in [0.25, 0.3) is 0 Å². The average molecular weight is 404 g/mol. The number of phenolic OH excluding ortho intramolecular Hbond substituents is 2. The molecule has 2 N–H and O–H groups in total. The molecule has 0 unspecified atom stereocenters. The van der Waals surface area contributed by atoms with Crippen LogP contribution in [0.25, 0.3) is 0 Å². The van der Waals surface area contributed by atoms with E-state index in [2.05, 4.69) is 43.4 Å². The van der Waals surface area contributed by atoms with E-state index < -0.39 is 0 Å². The van der Waals surface area contributed by atoms with Crippen LogP contribution in [0.4, 0.5) is 0 Å². The van der Waals surface area contributed by atoms with Crippen molar-refractivity contribution in [1.82, 2.24) is 0 Å². The minimum absolute atomic E-state index is 0.0908. The first-order valence-corrected chi connectivity index (χ1v) is 9.40. The van der Waals surface area contributed by atoms with Crippen molar-refractivity contribution in [1.29, 1.82) is 0 Å². The zero-order valence-corrected chi connectivity index (χ0v) is 15.8. The molecule has 0 radical (unpaired) electrons. The highest BCUT2D eigenvalue weighted by Gasteiger charge is 2.21. The van der Waals surface area contributed by atoms with Crippen LogP contribution in [0.5, 0.6) is 11.5 Å². The summed E-state index contributed by atoms with van der Waals surface area (Å²) in [6.07, 6.45) is 9.60. The van der Waals surface area contributed by atoms with E-state index in [1.807, 2.05) is 0 Å². The second-order valence-electron chi connectivity index (χ2n) is 5.76. The summed E-state index contributed by atoms with van der Waals surface area (Å²) < 4.78 is 0.852. The van der Waals surface area contributed by atoms with Gasteiger partial charge in [-0.3, -0.25) is 0 Å². The third kappa shape index (κ3) is 4.76. The normalized spacial score (nSPS) is 11.0. The molecule has 0 fully saturated rings. The number of hydrogen-bond acceptors (Lipinski definition) is 2. The van der Waals surface area contributed by atoms with Crippen LogP contribution in [0.15, 0.2) is 0 Å². The van der Waals surface area contributed by atoms with Crippen molar-refractivity contribution in [2.75, 3.05) is 0 Å². The lowest BCUT2D eigenvalue weighted by molar-refractivity contribution is 0.394. The van der Waals surface area contributed by atoms with Crippen LogP contribution in [0.2, 0.25) is 0 Å². The summed E-state index contributed by atoms with van der Waals surface area (Å²) in [7, 11) is 0. The van der Waals surface area contributed by atoms with Gasteiger partial charge < -0.3 is 10.2 Å². The van der Waals surface area contributed by atoms with Crippen LogP contribution in [-0.2, 0) is 19.3 Å². The summed E-state index contributed by atoms with van der Waals surface area (Å²) in [4.78, 5) is 0. The Morgan fingerprint density at radius 3 is 1.57 bits per heavy atom. The van der Waals surface area contributed by atoms with E-state index in [1.165, 1.54) is 11.1 Å². The van der Waals surface area contributed by atoms with Gasteiger partial charge in [0.05, 0.1) is 3.57 Å². The minimum atomic E-state index is 0.0908. The Hall–Kier alpha value is -0.450. The summed E-state index contributed by atoms with van der Waals surface area (Å²) in [6, 6.07) is 0. The van der Waals surface area contributed by atoms with E-state index in [9.17, 15) is 10.2 Å². The van der Waals surface area contributed by atoms with Crippen molar-refractivity contribution < 1.29 is 10.2 Å². The Labute approximate surface area is 143 Å². The van der Waals surface area contributed by atoms with Crippen molar-refractivity contribution in [3.05, 3.63) is 20.3 Å². The van der Waals surface area contributed by atoms with Gasteiger partial charge in [-0.25, -0.2) is 0 Å². The Bertz CT molecular complexity index is 420. The van der Waals surface area contributed by atoms with Crippen molar-refractivity contribution in [2.45, 2.75) is 78.6 Å². The highest BCUT2D eigenvalue weighted by atomic mass is 127. The number of aromatic hydroxyl groups is 2. The third-order valence-electron chi connectivity index (χ3n) is 4.05. The number of hydrogen-bond donors (Lipinski definition) is 2. The summed E-state index contributed by atoms with van der Waals surface area (Å²) in [5.74, 6) is 0.215. The topological polar surface area (TPSA) is 40.5 Å². The standard InChI is InChI=1S/C18H29IO2/c1-4-7-10-13-14(11-8-5-2)16(19)18(21)17(20)15(13)12-9-6-3/h20-21H,4-12H2,1-3H3. The highest BCUT2D eigenvalue weighted by molar-refractivity contribution is 14.1. The average Bonchev–Trinajstić information content (AvgIpc) is 2.49. The molecule has 0 saturated heterocycles. The lowest BCUT2D eigenvalue weighted by Crippen LogP contribution is -2.05. The molecule has 3 heteroatoms. The second kappa shape index (κ2) is 9.54. The fraction of sp³-hybridized carbons (Fsp3) is 0.667. The molecular formula is C18H29IO2. The fourth-order valence-electron chi connectivity index (χ4n) is 2.74. The molecule has 1 rings (SSSR count). The van der Waals surface area contributed by atoms with E-state index in [4.69, 9.17) is 0 Å². The molecule has 0 aliphatic carbocycles. The van der Waals surface area contributed by atoms with Gasteiger partial charge in [0.1, 0.15) is 0 Å². The molecule has 0 spiro atoms. The first-order valence-electron chi connectivity index (χ1n) is 8.32. The molecule has 0 bridgehead atoms. The Balaban J connectivity index is 3.32. The maximum Gasteiger partial charge on any atom is 0.171 e. The molecular weight excluding hydrogens is 375 g/mol. The number of unbranched alkanes of at least 4 members (excludes halogenated alkanes) is 3. The molecule has 0 amide bonds.